The maximum absolute atomic E-state index is 5.69. The van der Waals surface area contributed by atoms with Crippen molar-refractivity contribution in [1.29, 1.82) is 0 Å². The molecule has 0 saturated carbocycles. The highest BCUT2D eigenvalue weighted by atomic mass is 35.5. The largest absolute Gasteiger partial charge is 0.151 e. The van der Waals surface area contributed by atoms with Gasteiger partial charge >= 0.3 is 0 Å². The number of hydrogen-bond donors (Lipinski definition) is 0. The molecule has 0 aliphatic heterocycles. The average Bonchev–Trinajstić information content (AvgIpc) is 2.32. The van der Waals surface area contributed by atoms with Crippen molar-refractivity contribution < 1.29 is 0 Å². The Hall–Kier alpha value is -1.06. The fourth-order valence-corrected chi connectivity index (χ4v) is 2.12. The Morgan fingerprint density at radius 3 is 2.38 bits per heavy atom. The second-order valence-electron chi connectivity index (χ2n) is 3.20. The van der Waals surface area contributed by atoms with Gasteiger partial charge in [-0.05, 0) is 30.0 Å². The molecule has 2 rings (SSSR count). The number of thioether (sulfide) groups is 1. The van der Waals surface area contributed by atoms with Crippen LogP contribution in [0.1, 0.15) is 6.92 Å². The molecule has 0 aliphatic carbocycles. The number of hydrogen-bond acceptors (Lipinski definition) is 3. The highest BCUT2D eigenvalue weighted by Crippen LogP contribution is 2.22. The molecule has 16 heavy (non-hydrogen) atoms. The second-order valence-corrected chi connectivity index (χ2v) is 4.92. The first kappa shape index (κ1) is 11.4. The minimum atomic E-state index is 0.418. The molecule has 4 heteroatoms. The summed E-state index contributed by atoms with van der Waals surface area (Å²) in [6.07, 6.45) is 0. The summed E-state index contributed by atoms with van der Waals surface area (Å²) in [5.74, 6) is 1.08. The van der Waals surface area contributed by atoms with E-state index in [9.17, 15) is 0 Å². The maximum atomic E-state index is 5.69. The zero-order valence-corrected chi connectivity index (χ0v) is 10.4. The molecular formula is C12H11ClN2S. The van der Waals surface area contributed by atoms with Crippen LogP contribution in [0, 0.1) is 0 Å². The molecule has 1 heterocycles. The number of aromatic nitrogens is 2. The van der Waals surface area contributed by atoms with Gasteiger partial charge in [0.05, 0.1) is 5.69 Å². The molecule has 2 nitrogen and oxygen atoms in total. The molecule has 0 bridgehead atoms. The Balaban J connectivity index is 2.24. The monoisotopic (exact) mass is 250 g/mol. The summed E-state index contributed by atoms with van der Waals surface area (Å²) in [6.45, 7) is 2.14. The fraction of sp³-hybridized carbons (Fsp3) is 0.167. The zero-order chi connectivity index (χ0) is 11.4. The van der Waals surface area contributed by atoms with Gasteiger partial charge in [0, 0.05) is 10.5 Å². The molecular weight excluding hydrogens is 240 g/mol. The minimum absolute atomic E-state index is 0.418. The maximum Gasteiger partial charge on any atom is 0.151 e. The van der Waals surface area contributed by atoms with Crippen molar-refractivity contribution in [3.05, 3.63) is 41.6 Å². The summed E-state index contributed by atoms with van der Waals surface area (Å²) in [6, 6.07) is 11.9. The van der Waals surface area contributed by atoms with Gasteiger partial charge in [0.25, 0.3) is 0 Å². The molecule has 0 spiro atoms. The Morgan fingerprint density at radius 2 is 1.81 bits per heavy atom. The normalized spacial score (nSPS) is 10.4. The van der Waals surface area contributed by atoms with E-state index in [2.05, 4.69) is 41.4 Å². The molecule has 0 atom stereocenters. The third-order valence-corrected chi connectivity index (χ3v) is 3.19. The molecule has 1 aromatic heterocycles. The topological polar surface area (TPSA) is 25.8 Å². The van der Waals surface area contributed by atoms with E-state index in [0.717, 1.165) is 17.0 Å². The standard InChI is InChI=1S/C12H11ClN2S/c1-2-16-10-5-3-9(4-6-10)11-7-8-12(13)15-14-11/h3-8H,2H2,1H3. The molecule has 0 amide bonds. The van der Waals surface area contributed by atoms with Crippen LogP contribution in [-0.2, 0) is 0 Å². The first-order chi connectivity index (χ1) is 7.79. The van der Waals surface area contributed by atoms with Crippen LogP contribution in [0.2, 0.25) is 5.15 Å². The first-order valence-electron chi connectivity index (χ1n) is 5.02. The van der Waals surface area contributed by atoms with E-state index in [1.807, 2.05) is 17.8 Å². The molecule has 82 valence electrons. The molecule has 0 radical (unpaired) electrons. The lowest BCUT2D eigenvalue weighted by Gasteiger charge is -2.02. The molecule has 0 aliphatic rings. The van der Waals surface area contributed by atoms with E-state index in [1.54, 1.807) is 6.07 Å². The van der Waals surface area contributed by atoms with Crippen molar-refractivity contribution in [3.8, 4) is 11.3 Å². The van der Waals surface area contributed by atoms with Crippen LogP contribution in [0.5, 0.6) is 0 Å². The van der Waals surface area contributed by atoms with Crippen LogP contribution in [0.15, 0.2) is 41.3 Å². The van der Waals surface area contributed by atoms with Gasteiger partial charge in [-0.3, -0.25) is 0 Å². The van der Waals surface area contributed by atoms with Gasteiger partial charge in [0.1, 0.15) is 0 Å². The minimum Gasteiger partial charge on any atom is -0.149 e. The summed E-state index contributed by atoms with van der Waals surface area (Å²) in [4.78, 5) is 1.27. The molecule has 0 N–H and O–H groups in total. The van der Waals surface area contributed by atoms with Crippen molar-refractivity contribution in [1.82, 2.24) is 10.2 Å². The molecule has 1 aromatic carbocycles. The molecule has 2 aromatic rings. The van der Waals surface area contributed by atoms with Crippen molar-refractivity contribution in [2.75, 3.05) is 5.75 Å². The van der Waals surface area contributed by atoms with E-state index < -0.39 is 0 Å². The first-order valence-corrected chi connectivity index (χ1v) is 6.38. The summed E-state index contributed by atoms with van der Waals surface area (Å²) >= 11 is 7.51. The highest BCUT2D eigenvalue weighted by molar-refractivity contribution is 7.99. The summed E-state index contributed by atoms with van der Waals surface area (Å²) in [5.41, 5.74) is 1.90. The summed E-state index contributed by atoms with van der Waals surface area (Å²) < 4.78 is 0. The lowest BCUT2D eigenvalue weighted by molar-refractivity contribution is 1.04. The van der Waals surface area contributed by atoms with Gasteiger partial charge in [-0.2, -0.15) is 0 Å². The van der Waals surface area contributed by atoms with Crippen molar-refractivity contribution in [3.63, 3.8) is 0 Å². The smallest absolute Gasteiger partial charge is 0.149 e. The number of benzene rings is 1. The van der Waals surface area contributed by atoms with Crippen LogP contribution in [0.3, 0.4) is 0 Å². The van der Waals surface area contributed by atoms with Crippen LogP contribution in [0.4, 0.5) is 0 Å². The predicted molar refractivity (Wildman–Crippen MR) is 68.9 cm³/mol. The molecule has 0 fully saturated rings. The number of rotatable bonds is 3. The Labute approximate surface area is 104 Å². The SMILES string of the molecule is CCSc1ccc(-c2ccc(Cl)nn2)cc1. The predicted octanol–water partition coefficient (Wildman–Crippen LogP) is 3.91. The van der Waals surface area contributed by atoms with Crippen molar-refractivity contribution in [2.45, 2.75) is 11.8 Å². The van der Waals surface area contributed by atoms with Gasteiger partial charge in [-0.15, -0.1) is 22.0 Å². The zero-order valence-electron chi connectivity index (χ0n) is 8.85. The van der Waals surface area contributed by atoms with Crippen LogP contribution < -0.4 is 0 Å². The van der Waals surface area contributed by atoms with Gasteiger partial charge in [-0.25, -0.2) is 0 Å². The van der Waals surface area contributed by atoms with E-state index >= 15 is 0 Å². The quantitative estimate of drug-likeness (QED) is 0.773. The van der Waals surface area contributed by atoms with Crippen LogP contribution in [-0.4, -0.2) is 16.0 Å². The number of nitrogens with zero attached hydrogens (tertiary/aromatic N) is 2. The highest BCUT2D eigenvalue weighted by Gasteiger charge is 2.00. The average molecular weight is 251 g/mol. The lowest BCUT2D eigenvalue weighted by Crippen LogP contribution is -1.87. The van der Waals surface area contributed by atoms with E-state index in [1.165, 1.54) is 4.90 Å². The Bertz CT molecular complexity index is 453. The fourth-order valence-electron chi connectivity index (χ4n) is 1.36. The van der Waals surface area contributed by atoms with E-state index in [0.29, 0.717) is 5.15 Å². The third-order valence-electron chi connectivity index (χ3n) is 2.09. The van der Waals surface area contributed by atoms with Gasteiger partial charge in [0.2, 0.25) is 0 Å². The Kier molecular flexibility index (Phi) is 3.80. The van der Waals surface area contributed by atoms with Gasteiger partial charge in [0.15, 0.2) is 5.15 Å². The van der Waals surface area contributed by atoms with Crippen LogP contribution in [0.25, 0.3) is 11.3 Å². The number of halogens is 1. The van der Waals surface area contributed by atoms with Crippen LogP contribution >= 0.6 is 23.4 Å². The van der Waals surface area contributed by atoms with Crippen molar-refractivity contribution in [2.24, 2.45) is 0 Å². The summed E-state index contributed by atoms with van der Waals surface area (Å²) in [7, 11) is 0. The molecule has 0 unspecified atom stereocenters. The van der Waals surface area contributed by atoms with Gasteiger partial charge < -0.3 is 0 Å². The lowest BCUT2D eigenvalue weighted by atomic mass is 10.1. The third kappa shape index (κ3) is 2.74. The summed E-state index contributed by atoms with van der Waals surface area (Å²) in [5, 5.41) is 8.28. The van der Waals surface area contributed by atoms with E-state index in [4.69, 9.17) is 11.6 Å². The molecule has 0 saturated heterocycles. The second kappa shape index (κ2) is 5.32. The van der Waals surface area contributed by atoms with Gasteiger partial charge in [-0.1, -0.05) is 30.7 Å². The van der Waals surface area contributed by atoms with Crippen molar-refractivity contribution >= 4 is 23.4 Å². The Morgan fingerprint density at radius 1 is 1.06 bits per heavy atom. The van der Waals surface area contributed by atoms with E-state index in [-0.39, 0.29) is 0 Å².